The van der Waals surface area contributed by atoms with Crippen LogP contribution in [-0.4, -0.2) is 17.0 Å². The molecule has 2 N–H and O–H groups in total. The van der Waals surface area contributed by atoms with E-state index in [2.05, 4.69) is 6.07 Å². The molecular formula is C14H16N2O. The maximum absolute atomic E-state index is 12.2. The summed E-state index contributed by atoms with van der Waals surface area (Å²) < 4.78 is 1.82. The number of para-hydroxylation sites is 1. The number of carbonyl (C=O) groups excluding carboxylic acids is 1. The Morgan fingerprint density at radius 1 is 1.35 bits per heavy atom. The van der Waals surface area contributed by atoms with Crippen molar-refractivity contribution in [1.29, 1.82) is 0 Å². The minimum atomic E-state index is 0.240. The highest BCUT2D eigenvalue weighted by Gasteiger charge is 2.31. The molecule has 3 nitrogen and oxygen atoms in total. The van der Waals surface area contributed by atoms with Crippen LogP contribution in [-0.2, 0) is 6.42 Å². The van der Waals surface area contributed by atoms with Crippen LogP contribution in [0.4, 0.5) is 0 Å². The van der Waals surface area contributed by atoms with Gasteiger partial charge in [-0.05, 0) is 37.4 Å². The molecular weight excluding hydrogens is 212 g/mol. The lowest BCUT2D eigenvalue weighted by molar-refractivity contribution is 0.0891. The highest BCUT2D eigenvalue weighted by Crippen LogP contribution is 2.33. The lowest BCUT2D eigenvalue weighted by Crippen LogP contribution is -2.11. The minimum absolute atomic E-state index is 0.240. The van der Waals surface area contributed by atoms with Gasteiger partial charge in [-0.25, -0.2) is 0 Å². The van der Waals surface area contributed by atoms with Gasteiger partial charge in [0.25, 0.3) is 0 Å². The van der Waals surface area contributed by atoms with Crippen LogP contribution >= 0.6 is 0 Å². The molecule has 1 fully saturated rings. The normalized spacial score (nSPS) is 15.4. The van der Waals surface area contributed by atoms with E-state index < -0.39 is 0 Å². The molecule has 0 spiro atoms. The standard InChI is InChI=1S/C14H16N2O/c15-8-7-11-9-16(14(17)10-5-6-10)13-4-2-1-3-12(11)13/h1-4,9-10H,5-8,15H2. The van der Waals surface area contributed by atoms with Gasteiger partial charge < -0.3 is 5.73 Å². The number of benzene rings is 1. The van der Waals surface area contributed by atoms with E-state index in [1.807, 2.05) is 29.0 Å². The van der Waals surface area contributed by atoms with Crippen molar-refractivity contribution in [3.8, 4) is 0 Å². The fourth-order valence-electron chi connectivity index (χ4n) is 2.31. The summed E-state index contributed by atoms with van der Waals surface area (Å²) >= 11 is 0. The Morgan fingerprint density at radius 2 is 2.12 bits per heavy atom. The molecule has 0 unspecified atom stereocenters. The summed E-state index contributed by atoms with van der Waals surface area (Å²) in [5, 5.41) is 1.16. The second kappa shape index (κ2) is 4.00. The summed E-state index contributed by atoms with van der Waals surface area (Å²) in [6.07, 6.45) is 4.87. The SMILES string of the molecule is NCCc1cn(C(=O)C2CC2)c2ccccc12. The lowest BCUT2D eigenvalue weighted by atomic mass is 10.1. The molecule has 0 amide bonds. The van der Waals surface area contributed by atoms with Crippen LogP contribution < -0.4 is 5.73 Å². The Balaban J connectivity index is 2.13. The molecule has 3 heteroatoms. The molecule has 3 rings (SSSR count). The zero-order valence-electron chi connectivity index (χ0n) is 9.73. The van der Waals surface area contributed by atoms with Gasteiger partial charge in [-0.1, -0.05) is 18.2 Å². The predicted molar refractivity (Wildman–Crippen MR) is 68.0 cm³/mol. The van der Waals surface area contributed by atoms with E-state index >= 15 is 0 Å². The molecule has 17 heavy (non-hydrogen) atoms. The Kier molecular flexibility index (Phi) is 2.48. The van der Waals surface area contributed by atoms with E-state index in [1.54, 1.807) is 0 Å². The number of rotatable bonds is 3. The zero-order valence-corrected chi connectivity index (χ0v) is 9.73. The van der Waals surface area contributed by atoms with Crippen LogP contribution in [0.5, 0.6) is 0 Å². The number of hydrogen-bond donors (Lipinski definition) is 1. The molecule has 1 heterocycles. The van der Waals surface area contributed by atoms with Gasteiger partial charge in [-0.2, -0.15) is 0 Å². The first-order valence-electron chi connectivity index (χ1n) is 6.14. The molecule has 0 saturated heterocycles. The van der Waals surface area contributed by atoms with E-state index in [-0.39, 0.29) is 11.8 Å². The van der Waals surface area contributed by atoms with E-state index in [4.69, 9.17) is 5.73 Å². The quantitative estimate of drug-likeness (QED) is 0.875. The van der Waals surface area contributed by atoms with Crippen molar-refractivity contribution in [2.24, 2.45) is 11.7 Å². The van der Waals surface area contributed by atoms with Crippen molar-refractivity contribution in [2.45, 2.75) is 19.3 Å². The molecule has 1 saturated carbocycles. The highest BCUT2D eigenvalue weighted by molar-refractivity contribution is 5.96. The molecule has 1 aliphatic carbocycles. The van der Waals surface area contributed by atoms with Crippen LogP contribution in [0.1, 0.15) is 23.2 Å². The van der Waals surface area contributed by atoms with Gasteiger partial charge in [0.15, 0.2) is 0 Å². The van der Waals surface area contributed by atoms with Crippen LogP contribution in [0, 0.1) is 5.92 Å². The van der Waals surface area contributed by atoms with E-state index in [0.717, 1.165) is 30.2 Å². The number of fused-ring (bicyclic) bond motifs is 1. The van der Waals surface area contributed by atoms with Gasteiger partial charge in [0.1, 0.15) is 0 Å². The third-order valence-corrected chi connectivity index (χ3v) is 3.37. The molecule has 0 radical (unpaired) electrons. The molecule has 0 atom stereocenters. The van der Waals surface area contributed by atoms with Crippen molar-refractivity contribution < 1.29 is 4.79 Å². The molecule has 1 aromatic heterocycles. The summed E-state index contributed by atoms with van der Waals surface area (Å²) in [6, 6.07) is 8.06. The van der Waals surface area contributed by atoms with Crippen LogP contribution in [0.3, 0.4) is 0 Å². The van der Waals surface area contributed by atoms with Crippen molar-refractivity contribution in [3.05, 3.63) is 36.0 Å². The first-order chi connectivity index (χ1) is 8.31. The second-order valence-corrected chi connectivity index (χ2v) is 4.69. The average Bonchev–Trinajstić information content (AvgIpc) is 3.13. The first kappa shape index (κ1) is 10.5. The van der Waals surface area contributed by atoms with Gasteiger partial charge >= 0.3 is 0 Å². The summed E-state index contributed by atoms with van der Waals surface area (Å²) in [6.45, 7) is 0.617. The second-order valence-electron chi connectivity index (χ2n) is 4.69. The number of aromatic nitrogens is 1. The van der Waals surface area contributed by atoms with Crippen LogP contribution in [0.2, 0.25) is 0 Å². The van der Waals surface area contributed by atoms with Crippen LogP contribution in [0.15, 0.2) is 30.5 Å². The fraction of sp³-hybridized carbons (Fsp3) is 0.357. The summed E-state index contributed by atoms with van der Waals surface area (Å²) in [5.41, 5.74) is 7.81. The number of nitrogens with zero attached hydrogens (tertiary/aromatic N) is 1. The van der Waals surface area contributed by atoms with Gasteiger partial charge in [0.05, 0.1) is 5.52 Å². The van der Waals surface area contributed by atoms with Gasteiger partial charge in [0, 0.05) is 17.5 Å². The van der Waals surface area contributed by atoms with Gasteiger partial charge in [-0.15, -0.1) is 0 Å². The number of carbonyl (C=O) groups is 1. The van der Waals surface area contributed by atoms with Crippen molar-refractivity contribution in [2.75, 3.05) is 6.54 Å². The molecule has 2 aromatic rings. The Hall–Kier alpha value is -1.61. The maximum atomic E-state index is 12.2. The van der Waals surface area contributed by atoms with E-state index in [9.17, 15) is 4.79 Å². The number of hydrogen-bond acceptors (Lipinski definition) is 2. The van der Waals surface area contributed by atoms with Crippen molar-refractivity contribution in [1.82, 2.24) is 4.57 Å². The lowest BCUT2D eigenvalue weighted by Gasteiger charge is -2.01. The third-order valence-electron chi connectivity index (χ3n) is 3.37. The Labute approximate surface area is 100 Å². The molecule has 1 aliphatic rings. The van der Waals surface area contributed by atoms with Crippen molar-refractivity contribution >= 4 is 16.8 Å². The zero-order chi connectivity index (χ0) is 11.8. The maximum Gasteiger partial charge on any atom is 0.234 e. The number of nitrogens with two attached hydrogens (primary N) is 1. The largest absolute Gasteiger partial charge is 0.330 e. The Bertz CT molecular complexity index is 567. The van der Waals surface area contributed by atoms with E-state index in [0.29, 0.717) is 6.54 Å². The fourth-order valence-corrected chi connectivity index (χ4v) is 2.31. The molecule has 0 aliphatic heterocycles. The molecule has 0 bridgehead atoms. The summed E-state index contributed by atoms with van der Waals surface area (Å²) in [4.78, 5) is 12.2. The first-order valence-corrected chi connectivity index (χ1v) is 6.14. The van der Waals surface area contributed by atoms with E-state index in [1.165, 1.54) is 5.56 Å². The summed E-state index contributed by atoms with van der Waals surface area (Å²) in [7, 11) is 0. The van der Waals surface area contributed by atoms with Gasteiger partial charge in [-0.3, -0.25) is 9.36 Å². The predicted octanol–water partition coefficient (Wildman–Crippen LogP) is 2.19. The molecule has 88 valence electrons. The minimum Gasteiger partial charge on any atom is -0.330 e. The molecule has 1 aromatic carbocycles. The smallest absolute Gasteiger partial charge is 0.234 e. The third kappa shape index (κ3) is 1.76. The topological polar surface area (TPSA) is 48.0 Å². The van der Waals surface area contributed by atoms with Gasteiger partial charge in [0.2, 0.25) is 5.91 Å². The summed E-state index contributed by atoms with van der Waals surface area (Å²) in [5.74, 6) is 0.487. The van der Waals surface area contributed by atoms with Crippen molar-refractivity contribution in [3.63, 3.8) is 0 Å². The monoisotopic (exact) mass is 228 g/mol. The van der Waals surface area contributed by atoms with Crippen LogP contribution in [0.25, 0.3) is 10.9 Å². The average molecular weight is 228 g/mol. The Morgan fingerprint density at radius 3 is 2.82 bits per heavy atom. The highest BCUT2D eigenvalue weighted by atomic mass is 16.2.